The Morgan fingerprint density at radius 2 is 1.76 bits per heavy atom. The summed E-state index contributed by atoms with van der Waals surface area (Å²) in [7, 11) is -3.19. The van der Waals surface area contributed by atoms with E-state index in [0.29, 0.717) is 37.8 Å². The average Bonchev–Trinajstić information content (AvgIpc) is 2.62. The summed E-state index contributed by atoms with van der Waals surface area (Å²) in [4.78, 5) is 2.53. The van der Waals surface area contributed by atoms with Gasteiger partial charge in [-0.05, 0) is 47.0 Å². The highest BCUT2D eigenvalue weighted by Gasteiger charge is 2.40. The predicted molar refractivity (Wildman–Crippen MR) is 84.8 cm³/mol. The van der Waals surface area contributed by atoms with E-state index >= 15 is 0 Å². The van der Waals surface area contributed by atoms with E-state index in [9.17, 15) is 8.42 Å². The Hall–Kier alpha value is -0.170. The number of sulfonamides is 1. The van der Waals surface area contributed by atoms with Gasteiger partial charge in [0, 0.05) is 31.2 Å². The van der Waals surface area contributed by atoms with E-state index in [2.05, 4.69) is 18.7 Å². The lowest BCUT2D eigenvalue weighted by Crippen LogP contribution is -2.44. The quantitative estimate of drug-likeness (QED) is 0.748. The first-order valence-corrected chi connectivity index (χ1v) is 9.79. The summed E-state index contributed by atoms with van der Waals surface area (Å²) >= 11 is 0. The number of ether oxygens (including phenoxy) is 1. The lowest BCUT2D eigenvalue weighted by molar-refractivity contribution is 0.0906. The second-order valence-corrected chi connectivity index (χ2v) is 8.90. The molecule has 21 heavy (non-hydrogen) atoms. The molecule has 2 atom stereocenters. The first-order chi connectivity index (χ1) is 9.81. The fraction of sp³-hybridized carbons (Fsp3) is 1.00. The van der Waals surface area contributed by atoms with Crippen molar-refractivity contribution in [2.24, 2.45) is 0 Å². The molecular formula is C15H30N2O3S. The van der Waals surface area contributed by atoms with Crippen LogP contribution < -0.4 is 0 Å². The van der Waals surface area contributed by atoms with Gasteiger partial charge >= 0.3 is 0 Å². The minimum Gasteiger partial charge on any atom is -0.378 e. The summed E-state index contributed by atoms with van der Waals surface area (Å²) in [5, 5.41) is 0. The Balaban J connectivity index is 1.99. The SMILES string of the molecule is CC(C)OCCS(=O)(=O)N1CC[C@H]2CC[C@@H](C1)N2C(C)C. The smallest absolute Gasteiger partial charge is 0.216 e. The Morgan fingerprint density at radius 1 is 1.10 bits per heavy atom. The molecule has 0 aromatic rings. The average molecular weight is 318 g/mol. The van der Waals surface area contributed by atoms with E-state index in [0.717, 1.165) is 12.8 Å². The molecule has 0 unspecified atom stereocenters. The summed E-state index contributed by atoms with van der Waals surface area (Å²) in [5.74, 6) is 0.101. The highest BCUT2D eigenvalue weighted by atomic mass is 32.2. The van der Waals surface area contributed by atoms with Crippen LogP contribution in [0.25, 0.3) is 0 Å². The lowest BCUT2D eigenvalue weighted by Gasteiger charge is -2.32. The van der Waals surface area contributed by atoms with Crippen LogP contribution in [0.4, 0.5) is 0 Å². The molecule has 0 N–H and O–H groups in total. The first kappa shape index (κ1) is 17.2. The van der Waals surface area contributed by atoms with Crippen LogP contribution >= 0.6 is 0 Å². The Kier molecular flexibility index (Phi) is 5.68. The van der Waals surface area contributed by atoms with Crippen molar-refractivity contribution in [2.75, 3.05) is 25.4 Å². The molecule has 2 bridgehead atoms. The molecule has 0 aromatic heterocycles. The third-order valence-corrected chi connectivity index (χ3v) is 6.39. The number of hydrogen-bond donors (Lipinski definition) is 0. The van der Waals surface area contributed by atoms with Crippen LogP contribution in [-0.4, -0.2) is 67.3 Å². The summed E-state index contributed by atoms with van der Waals surface area (Å²) < 4.78 is 32.1. The fourth-order valence-electron chi connectivity index (χ4n) is 3.69. The number of hydrogen-bond acceptors (Lipinski definition) is 4. The topological polar surface area (TPSA) is 49.9 Å². The molecule has 124 valence electrons. The largest absolute Gasteiger partial charge is 0.378 e. The second-order valence-electron chi connectivity index (χ2n) is 6.81. The van der Waals surface area contributed by atoms with E-state index < -0.39 is 10.0 Å². The van der Waals surface area contributed by atoms with Crippen molar-refractivity contribution in [3.05, 3.63) is 0 Å². The molecule has 0 aliphatic carbocycles. The van der Waals surface area contributed by atoms with Crippen LogP contribution in [0.2, 0.25) is 0 Å². The standard InChI is InChI=1S/C15H30N2O3S/c1-12(2)17-14-5-6-15(17)11-16(8-7-14)21(18,19)10-9-20-13(3)4/h12-15H,5-11H2,1-4H3/t14-,15+/m1/s1. The summed E-state index contributed by atoms with van der Waals surface area (Å²) in [6.45, 7) is 9.89. The van der Waals surface area contributed by atoms with Crippen LogP contribution in [0.15, 0.2) is 0 Å². The Morgan fingerprint density at radius 3 is 2.38 bits per heavy atom. The number of rotatable bonds is 6. The lowest BCUT2D eigenvalue weighted by atomic mass is 10.1. The van der Waals surface area contributed by atoms with E-state index in [-0.39, 0.29) is 11.9 Å². The van der Waals surface area contributed by atoms with Gasteiger partial charge in [-0.15, -0.1) is 0 Å². The van der Waals surface area contributed by atoms with Crippen molar-refractivity contribution >= 4 is 10.0 Å². The molecule has 5 nitrogen and oxygen atoms in total. The van der Waals surface area contributed by atoms with Gasteiger partial charge in [0.2, 0.25) is 10.0 Å². The predicted octanol–water partition coefficient (Wildman–Crippen LogP) is 1.69. The van der Waals surface area contributed by atoms with Crippen molar-refractivity contribution < 1.29 is 13.2 Å². The zero-order chi connectivity index (χ0) is 15.6. The molecule has 2 heterocycles. The van der Waals surface area contributed by atoms with Crippen molar-refractivity contribution in [2.45, 2.75) is 71.2 Å². The third-order valence-electron chi connectivity index (χ3n) is 4.58. The van der Waals surface area contributed by atoms with E-state index in [1.165, 1.54) is 6.42 Å². The second kappa shape index (κ2) is 6.94. The fourth-order valence-corrected chi connectivity index (χ4v) is 5.04. The van der Waals surface area contributed by atoms with Crippen LogP contribution in [0.3, 0.4) is 0 Å². The van der Waals surface area contributed by atoms with Gasteiger partial charge in [-0.3, -0.25) is 4.90 Å². The molecule has 0 amide bonds. The van der Waals surface area contributed by atoms with Crippen molar-refractivity contribution in [1.82, 2.24) is 9.21 Å². The van der Waals surface area contributed by atoms with Gasteiger partial charge < -0.3 is 4.74 Å². The summed E-state index contributed by atoms with van der Waals surface area (Å²) in [5.41, 5.74) is 0. The summed E-state index contributed by atoms with van der Waals surface area (Å²) in [6, 6.07) is 1.44. The van der Waals surface area contributed by atoms with E-state index in [1.54, 1.807) is 4.31 Å². The Labute approximate surface area is 129 Å². The van der Waals surface area contributed by atoms with Crippen LogP contribution in [0.1, 0.15) is 47.0 Å². The maximum absolute atomic E-state index is 12.5. The summed E-state index contributed by atoms with van der Waals surface area (Å²) in [6.07, 6.45) is 3.38. The molecule has 2 fully saturated rings. The molecule has 0 aromatic carbocycles. The molecule has 0 radical (unpaired) electrons. The Bertz CT molecular complexity index is 436. The van der Waals surface area contributed by atoms with Gasteiger partial charge in [0.15, 0.2) is 0 Å². The molecule has 0 spiro atoms. The van der Waals surface area contributed by atoms with Crippen molar-refractivity contribution in [3.8, 4) is 0 Å². The van der Waals surface area contributed by atoms with Gasteiger partial charge in [0.1, 0.15) is 0 Å². The first-order valence-electron chi connectivity index (χ1n) is 8.18. The monoisotopic (exact) mass is 318 g/mol. The minimum absolute atomic E-state index is 0.0804. The van der Waals surface area contributed by atoms with Gasteiger partial charge in [0.25, 0.3) is 0 Å². The van der Waals surface area contributed by atoms with Gasteiger partial charge in [0.05, 0.1) is 18.5 Å². The molecule has 6 heteroatoms. The number of fused-ring (bicyclic) bond motifs is 2. The zero-order valence-corrected chi connectivity index (χ0v) is 14.6. The molecule has 0 saturated carbocycles. The van der Waals surface area contributed by atoms with Crippen LogP contribution in [0.5, 0.6) is 0 Å². The van der Waals surface area contributed by atoms with E-state index in [1.807, 2.05) is 13.8 Å². The zero-order valence-electron chi connectivity index (χ0n) is 13.8. The molecular weight excluding hydrogens is 288 g/mol. The van der Waals surface area contributed by atoms with Crippen LogP contribution in [0, 0.1) is 0 Å². The maximum atomic E-state index is 12.5. The van der Waals surface area contributed by atoms with Gasteiger partial charge in [-0.1, -0.05) is 0 Å². The molecule has 2 aliphatic rings. The van der Waals surface area contributed by atoms with Crippen molar-refractivity contribution in [1.29, 1.82) is 0 Å². The van der Waals surface area contributed by atoms with E-state index in [4.69, 9.17) is 4.74 Å². The highest BCUT2D eigenvalue weighted by molar-refractivity contribution is 7.89. The van der Waals surface area contributed by atoms with Gasteiger partial charge in [-0.2, -0.15) is 0 Å². The van der Waals surface area contributed by atoms with Crippen molar-refractivity contribution in [3.63, 3.8) is 0 Å². The van der Waals surface area contributed by atoms with Crippen LogP contribution in [-0.2, 0) is 14.8 Å². The molecule has 2 saturated heterocycles. The molecule has 2 rings (SSSR count). The normalized spacial score (nSPS) is 28.5. The maximum Gasteiger partial charge on any atom is 0.216 e. The minimum atomic E-state index is -3.19. The highest BCUT2D eigenvalue weighted by Crippen LogP contribution is 2.32. The number of nitrogens with zero attached hydrogens (tertiary/aromatic N) is 2. The van der Waals surface area contributed by atoms with Gasteiger partial charge in [-0.25, -0.2) is 12.7 Å². The third kappa shape index (κ3) is 4.18. The molecule has 2 aliphatic heterocycles.